The molecule has 1 N–H and O–H groups in total. The van der Waals surface area contributed by atoms with E-state index >= 15 is 0 Å². The molecule has 0 radical (unpaired) electrons. The molecule has 2 aromatic heterocycles. The van der Waals surface area contributed by atoms with Gasteiger partial charge in [-0.25, -0.2) is 9.50 Å². The molecule has 0 atom stereocenters. The summed E-state index contributed by atoms with van der Waals surface area (Å²) >= 11 is 0. The molecule has 1 aromatic carbocycles. The molecular weight excluding hydrogens is 358 g/mol. The molecule has 0 bridgehead atoms. The molecule has 0 aliphatic carbocycles. The third kappa shape index (κ3) is 4.91. The van der Waals surface area contributed by atoms with E-state index in [9.17, 15) is 9.59 Å². The number of hydrogen-bond acceptors (Lipinski definition) is 6. The predicted molar refractivity (Wildman–Crippen MR) is 103 cm³/mol. The van der Waals surface area contributed by atoms with Crippen LogP contribution in [-0.2, 0) is 27.2 Å². The standard InChI is InChI=1S/C20H23N5O3/c1-13-6-4-5-7-16(13)8-9-21-18(26)12-28-19(27)11-17-23-20-22-14(2)10-15(3)25(20)24-17/h4-7,10H,8-9,11-12H2,1-3H3,(H,21,26). The monoisotopic (exact) mass is 381 g/mol. The van der Waals surface area contributed by atoms with Crippen LogP contribution < -0.4 is 5.32 Å². The van der Waals surface area contributed by atoms with Crippen LogP contribution in [-0.4, -0.2) is 44.6 Å². The van der Waals surface area contributed by atoms with Crippen LogP contribution in [0.1, 0.15) is 28.3 Å². The number of esters is 1. The van der Waals surface area contributed by atoms with Crippen molar-refractivity contribution in [2.75, 3.05) is 13.2 Å². The second-order valence-electron chi connectivity index (χ2n) is 6.64. The number of benzene rings is 1. The van der Waals surface area contributed by atoms with E-state index in [1.807, 2.05) is 51.1 Å². The molecule has 0 unspecified atom stereocenters. The Bertz CT molecular complexity index is 1010. The Hall–Kier alpha value is -3.29. The van der Waals surface area contributed by atoms with Gasteiger partial charge in [0.1, 0.15) is 6.42 Å². The lowest BCUT2D eigenvalue weighted by molar-refractivity contribution is -0.148. The van der Waals surface area contributed by atoms with Crippen LogP contribution in [0, 0.1) is 20.8 Å². The summed E-state index contributed by atoms with van der Waals surface area (Å²) < 4.78 is 6.60. The summed E-state index contributed by atoms with van der Waals surface area (Å²) in [6, 6.07) is 9.89. The van der Waals surface area contributed by atoms with Crippen molar-refractivity contribution in [2.24, 2.45) is 0 Å². The fraction of sp³-hybridized carbons (Fsp3) is 0.350. The Balaban J connectivity index is 1.44. The highest BCUT2D eigenvalue weighted by Gasteiger charge is 2.14. The minimum atomic E-state index is -0.556. The van der Waals surface area contributed by atoms with E-state index in [1.165, 1.54) is 11.1 Å². The molecular formula is C20H23N5O3. The minimum absolute atomic E-state index is 0.113. The minimum Gasteiger partial charge on any atom is -0.455 e. The van der Waals surface area contributed by atoms with Gasteiger partial charge in [-0.2, -0.15) is 4.98 Å². The van der Waals surface area contributed by atoms with Crippen LogP contribution in [0.4, 0.5) is 0 Å². The zero-order valence-electron chi connectivity index (χ0n) is 16.2. The van der Waals surface area contributed by atoms with E-state index in [0.29, 0.717) is 18.1 Å². The van der Waals surface area contributed by atoms with E-state index in [0.717, 1.165) is 17.8 Å². The maximum atomic E-state index is 12.0. The lowest BCUT2D eigenvalue weighted by Crippen LogP contribution is -2.30. The van der Waals surface area contributed by atoms with Crippen LogP contribution in [0.5, 0.6) is 0 Å². The van der Waals surface area contributed by atoms with E-state index in [-0.39, 0.29) is 18.9 Å². The molecule has 0 saturated carbocycles. The Morgan fingerprint density at radius 3 is 2.71 bits per heavy atom. The molecule has 3 aromatic rings. The molecule has 2 heterocycles. The maximum Gasteiger partial charge on any atom is 0.314 e. The highest BCUT2D eigenvalue weighted by atomic mass is 16.5. The number of fused-ring (bicyclic) bond motifs is 1. The first-order chi connectivity index (χ1) is 13.4. The number of nitrogens with one attached hydrogen (secondary N) is 1. The van der Waals surface area contributed by atoms with Crippen molar-refractivity contribution in [3.63, 3.8) is 0 Å². The average Bonchev–Trinajstić information content (AvgIpc) is 3.04. The lowest BCUT2D eigenvalue weighted by Gasteiger charge is -2.08. The third-order valence-corrected chi connectivity index (χ3v) is 4.31. The van der Waals surface area contributed by atoms with Gasteiger partial charge in [-0.05, 0) is 44.4 Å². The second kappa shape index (κ2) is 8.60. The van der Waals surface area contributed by atoms with E-state index in [2.05, 4.69) is 20.4 Å². The Morgan fingerprint density at radius 1 is 1.14 bits per heavy atom. The second-order valence-corrected chi connectivity index (χ2v) is 6.64. The molecule has 8 nitrogen and oxygen atoms in total. The highest BCUT2D eigenvalue weighted by Crippen LogP contribution is 2.07. The number of aryl methyl sites for hydroxylation is 3. The summed E-state index contributed by atoms with van der Waals surface area (Å²) in [6.45, 7) is 5.95. The Morgan fingerprint density at radius 2 is 1.93 bits per heavy atom. The fourth-order valence-electron chi connectivity index (χ4n) is 2.89. The van der Waals surface area contributed by atoms with Crippen molar-refractivity contribution < 1.29 is 14.3 Å². The van der Waals surface area contributed by atoms with Crippen molar-refractivity contribution in [3.05, 3.63) is 58.7 Å². The topological polar surface area (TPSA) is 98.5 Å². The molecule has 0 aliphatic rings. The van der Waals surface area contributed by atoms with Crippen LogP contribution in [0.15, 0.2) is 30.3 Å². The van der Waals surface area contributed by atoms with Gasteiger partial charge in [-0.3, -0.25) is 9.59 Å². The number of hydrogen-bond donors (Lipinski definition) is 1. The van der Waals surface area contributed by atoms with Crippen molar-refractivity contribution >= 4 is 17.7 Å². The lowest BCUT2D eigenvalue weighted by atomic mass is 10.1. The maximum absolute atomic E-state index is 12.0. The molecule has 3 rings (SSSR count). The van der Waals surface area contributed by atoms with Gasteiger partial charge in [0.05, 0.1) is 0 Å². The molecule has 8 heteroatoms. The van der Waals surface area contributed by atoms with Gasteiger partial charge in [-0.15, -0.1) is 5.10 Å². The number of aromatic nitrogens is 4. The van der Waals surface area contributed by atoms with Gasteiger partial charge in [0.15, 0.2) is 12.4 Å². The quantitative estimate of drug-likeness (QED) is 0.623. The van der Waals surface area contributed by atoms with Gasteiger partial charge in [-0.1, -0.05) is 24.3 Å². The molecule has 0 spiro atoms. The van der Waals surface area contributed by atoms with Crippen LogP contribution >= 0.6 is 0 Å². The molecule has 0 aliphatic heterocycles. The van der Waals surface area contributed by atoms with E-state index in [1.54, 1.807) is 4.52 Å². The number of ether oxygens (including phenoxy) is 1. The zero-order chi connectivity index (χ0) is 20.1. The number of carbonyl (C=O) groups excluding carboxylic acids is 2. The van der Waals surface area contributed by atoms with Crippen molar-refractivity contribution in [1.82, 2.24) is 24.9 Å². The SMILES string of the molecule is Cc1cc(C)n2nc(CC(=O)OCC(=O)NCCc3ccccc3C)nc2n1. The molecule has 1 amide bonds. The number of rotatable bonds is 7. The first kappa shape index (κ1) is 19.5. The van der Waals surface area contributed by atoms with Crippen molar-refractivity contribution in [3.8, 4) is 0 Å². The van der Waals surface area contributed by atoms with Crippen LogP contribution in [0.3, 0.4) is 0 Å². The summed E-state index contributed by atoms with van der Waals surface area (Å²) in [5, 5.41) is 7.00. The van der Waals surface area contributed by atoms with Gasteiger partial charge in [0.2, 0.25) is 0 Å². The van der Waals surface area contributed by atoms with Gasteiger partial charge < -0.3 is 10.1 Å². The summed E-state index contributed by atoms with van der Waals surface area (Å²) in [7, 11) is 0. The summed E-state index contributed by atoms with van der Waals surface area (Å²) in [5.41, 5.74) is 4.07. The van der Waals surface area contributed by atoms with E-state index < -0.39 is 5.97 Å². The third-order valence-electron chi connectivity index (χ3n) is 4.31. The van der Waals surface area contributed by atoms with Crippen LogP contribution in [0.2, 0.25) is 0 Å². The zero-order valence-corrected chi connectivity index (χ0v) is 16.2. The Labute approximate surface area is 163 Å². The normalized spacial score (nSPS) is 10.8. The summed E-state index contributed by atoms with van der Waals surface area (Å²) in [4.78, 5) is 32.3. The first-order valence-electron chi connectivity index (χ1n) is 9.09. The predicted octanol–water partition coefficient (Wildman–Crippen LogP) is 1.49. The first-order valence-corrected chi connectivity index (χ1v) is 9.09. The summed E-state index contributed by atoms with van der Waals surface area (Å²) in [5.74, 6) is -0.141. The number of amides is 1. The van der Waals surface area contributed by atoms with Gasteiger partial charge in [0, 0.05) is 17.9 Å². The van der Waals surface area contributed by atoms with Crippen LogP contribution in [0.25, 0.3) is 5.78 Å². The van der Waals surface area contributed by atoms with E-state index in [4.69, 9.17) is 4.74 Å². The Kier molecular flexibility index (Phi) is 5.98. The fourth-order valence-corrected chi connectivity index (χ4v) is 2.89. The largest absolute Gasteiger partial charge is 0.455 e. The highest BCUT2D eigenvalue weighted by molar-refractivity contribution is 5.80. The number of carbonyl (C=O) groups is 2. The summed E-state index contributed by atoms with van der Waals surface area (Å²) in [6.07, 6.45) is 0.613. The van der Waals surface area contributed by atoms with Crippen molar-refractivity contribution in [2.45, 2.75) is 33.6 Å². The smallest absolute Gasteiger partial charge is 0.314 e. The molecule has 146 valence electrons. The average molecular weight is 381 g/mol. The molecule has 0 saturated heterocycles. The molecule has 28 heavy (non-hydrogen) atoms. The van der Waals surface area contributed by atoms with Gasteiger partial charge in [0.25, 0.3) is 11.7 Å². The molecule has 0 fully saturated rings. The van der Waals surface area contributed by atoms with Crippen molar-refractivity contribution in [1.29, 1.82) is 0 Å². The number of nitrogens with zero attached hydrogens (tertiary/aromatic N) is 4. The van der Waals surface area contributed by atoms with Gasteiger partial charge >= 0.3 is 5.97 Å².